The lowest BCUT2D eigenvalue weighted by Crippen LogP contribution is -2.06. The minimum Gasteiger partial charge on any atom is -0.493 e. The molecule has 140 valence electrons. The molecule has 0 saturated carbocycles. The van der Waals surface area contributed by atoms with E-state index >= 15 is 0 Å². The van der Waals surface area contributed by atoms with Gasteiger partial charge in [-0.3, -0.25) is 0 Å². The van der Waals surface area contributed by atoms with Gasteiger partial charge in [-0.1, -0.05) is 12.1 Å². The van der Waals surface area contributed by atoms with Crippen molar-refractivity contribution in [3.05, 3.63) is 64.9 Å². The fourth-order valence-corrected chi connectivity index (χ4v) is 2.43. The van der Waals surface area contributed by atoms with Crippen molar-refractivity contribution < 1.29 is 32.2 Å². The van der Waals surface area contributed by atoms with Crippen LogP contribution in [0, 0.1) is 0 Å². The lowest BCUT2D eigenvalue weighted by atomic mass is 10.1. The van der Waals surface area contributed by atoms with Crippen LogP contribution in [0.5, 0.6) is 11.5 Å². The second kappa shape index (κ2) is 7.14. The number of methoxy groups -OCH3 is 2. The molecule has 1 aliphatic heterocycles. The van der Waals surface area contributed by atoms with E-state index < -0.39 is 17.7 Å². The Labute approximate surface area is 152 Å². The number of nitrogens with zero attached hydrogens (tertiary/aromatic N) is 1. The summed E-state index contributed by atoms with van der Waals surface area (Å²) in [5.74, 6) is 0.319. The minimum absolute atomic E-state index is 0.0143. The summed E-state index contributed by atoms with van der Waals surface area (Å²) in [6.07, 6.45) is -3.06. The molecule has 0 spiro atoms. The van der Waals surface area contributed by atoms with E-state index in [2.05, 4.69) is 4.99 Å². The summed E-state index contributed by atoms with van der Waals surface area (Å²) < 4.78 is 53.3. The smallest absolute Gasteiger partial charge is 0.416 e. The van der Waals surface area contributed by atoms with E-state index in [1.807, 2.05) is 0 Å². The number of hydrogen-bond donors (Lipinski definition) is 0. The summed E-state index contributed by atoms with van der Waals surface area (Å²) in [6, 6.07) is 9.28. The number of ether oxygens (including phenoxy) is 3. The number of aliphatic imine (C=N–C) groups is 1. The van der Waals surface area contributed by atoms with Crippen molar-refractivity contribution in [3.8, 4) is 11.5 Å². The molecule has 8 heteroatoms. The first-order valence-corrected chi connectivity index (χ1v) is 7.74. The number of rotatable bonds is 4. The van der Waals surface area contributed by atoms with E-state index in [1.165, 1.54) is 32.4 Å². The normalized spacial score (nSPS) is 15.5. The Bertz CT molecular complexity index is 931. The zero-order valence-corrected chi connectivity index (χ0v) is 14.3. The van der Waals surface area contributed by atoms with Gasteiger partial charge in [-0.2, -0.15) is 13.2 Å². The third-order valence-electron chi connectivity index (χ3n) is 3.79. The predicted molar refractivity (Wildman–Crippen MR) is 91.6 cm³/mol. The Morgan fingerprint density at radius 1 is 1.00 bits per heavy atom. The van der Waals surface area contributed by atoms with Gasteiger partial charge in [0.15, 0.2) is 17.2 Å². The molecule has 2 aromatic rings. The molecular weight excluding hydrogens is 363 g/mol. The van der Waals surface area contributed by atoms with Crippen LogP contribution in [0.25, 0.3) is 6.08 Å². The largest absolute Gasteiger partial charge is 0.493 e. The molecule has 0 radical (unpaired) electrons. The number of cyclic esters (lactones) is 1. The molecule has 0 N–H and O–H groups in total. The highest BCUT2D eigenvalue weighted by atomic mass is 19.4. The molecule has 0 amide bonds. The van der Waals surface area contributed by atoms with Crippen molar-refractivity contribution in [3.63, 3.8) is 0 Å². The quantitative estimate of drug-likeness (QED) is 0.595. The van der Waals surface area contributed by atoms with Crippen molar-refractivity contribution in [1.82, 2.24) is 0 Å². The Morgan fingerprint density at radius 3 is 2.26 bits per heavy atom. The number of carbonyl (C=O) groups is 1. The summed E-state index contributed by atoms with van der Waals surface area (Å²) >= 11 is 0. The number of hydrogen-bond acceptors (Lipinski definition) is 5. The van der Waals surface area contributed by atoms with Gasteiger partial charge in [0.2, 0.25) is 5.90 Å². The van der Waals surface area contributed by atoms with Gasteiger partial charge in [0.1, 0.15) is 0 Å². The molecule has 0 aliphatic carbocycles. The van der Waals surface area contributed by atoms with Crippen LogP contribution in [-0.4, -0.2) is 26.1 Å². The van der Waals surface area contributed by atoms with Crippen molar-refractivity contribution in [2.45, 2.75) is 6.18 Å². The molecule has 5 nitrogen and oxygen atoms in total. The molecule has 0 aromatic heterocycles. The van der Waals surface area contributed by atoms with Gasteiger partial charge in [-0.15, -0.1) is 0 Å². The van der Waals surface area contributed by atoms with Crippen LogP contribution in [0.3, 0.4) is 0 Å². The van der Waals surface area contributed by atoms with Gasteiger partial charge in [0.25, 0.3) is 0 Å². The van der Waals surface area contributed by atoms with Gasteiger partial charge in [0.05, 0.1) is 19.8 Å². The van der Waals surface area contributed by atoms with Crippen molar-refractivity contribution in [1.29, 1.82) is 0 Å². The summed E-state index contributed by atoms with van der Waals surface area (Å²) in [4.78, 5) is 16.1. The van der Waals surface area contributed by atoms with E-state index in [1.54, 1.807) is 18.2 Å². The Kier molecular flexibility index (Phi) is 4.89. The van der Waals surface area contributed by atoms with E-state index in [-0.39, 0.29) is 11.6 Å². The number of halogens is 3. The number of benzene rings is 2. The maximum Gasteiger partial charge on any atom is 0.416 e. The average Bonchev–Trinajstić information content (AvgIpc) is 3.01. The molecule has 0 unspecified atom stereocenters. The van der Waals surface area contributed by atoms with Crippen LogP contribution in [0.2, 0.25) is 0 Å². The molecule has 3 rings (SSSR count). The third kappa shape index (κ3) is 3.94. The standard InChI is InChI=1S/C19H14F3NO4/c1-25-15-8-5-12(10-16(15)26-2)17-23-14(18(24)27-17)9-11-3-6-13(7-4-11)19(20,21)22/h3-10H,1-2H3. The van der Waals surface area contributed by atoms with Crippen LogP contribution in [0.1, 0.15) is 16.7 Å². The third-order valence-corrected chi connectivity index (χ3v) is 3.79. The average molecular weight is 377 g/mol. The number of alkyl halides is 3. The number of carbonyl (C=O) groups excluding carboxylic acids is 1. The van der Waals surface area contributed by atoms with Gasteiger partial charge in [-0.05, 0) is 42.0 Å². The molecule has 2 aromatic carbocycles. The Morgan fingerprint density at radius 2 is 1.67 bits per heavy atom. The molecule has 1 heterocycles. The summed E-state index contributed by atoms with van der Waals surface area (Å²) in [5.41, 5.74) is 0.108. The van der Waals surface area contributed by atoms with E-state index in [4.69, 9.17) is 14.2 Å². The predicted octanol–water partition coefficient (Wildman–Crippen LogP) is 4.07. The molecule has 1 aliphatic rings. The second-order valence-electron chi connectivity index (χ2n) is 5.53. The maximum atomic E-state index is 12.6. The second-order valence-corrected chi connectivity index (χ2v) is 5.53. The molecule has 0 bridgehead atoms. The maximum absolute atomic E-state index is 12.6. The first-order valence-electron chi connectivity index (χ1n) is 7.74. The molecular formula is C19H14F3NO4. The lowest BCUT2D eigenvalue weighted by molar-refractivity contribution is -0.137. The summed E-state index contributed by atoms with van der Waals surface area (Å²) in [7, 11) is 2.97. The van der Waals surface area contributed by atoms with Crippen LogP contribution in [-0.2, 0) is 15.7 Å². The Hall–Kier alpha value is -3.29. The van der Waals surface area contributed by atoms with Crippen LogP contribution in [0.15, 0.2) is 53.2 Å². The van der Waals surface area contributed by atoms with E-state index in [0.29, 0.717) is 22.6 Å². The van der Waals surface area contributed by atoms with Gasteiger partial charge < -0.3 is 14.2 Å². The SMILES string of the molecule is COc1ccc(C2=NC(=Cc3ccc(C(F)(F)F)cc3)C(=O)O2)cc1OC. The fraction of sp³-hybridized carbons (Fsp3) is 0.158. The highest BCUT2D eigenvalue weighted by Crippen LogP contribution is 2.31. The minimum atomic E-state index is -4.42. The van der Waals surface area contributed by atoms with Gasteiger partial charge >= 0.3 is 12.1 Å². The monoisotopic (exact) mass is 377 g/mol. The van der Waals surface area contributed by atoms with E-state index in [9.17, 15) is 18.0 Å². The Balaban J connectivity index is 1.89. The van der Waals surface area contributed by atoms with E-state index in [0.717, 1.165) is 12.1 Å². The zero-order chi connectivity index (χ0) is 19.6. The molecule has 0 saturated heterocycles. The molecule has 0 atom stereocenters. The molecule has 27 heavy (non-hydrogen) atoms. The molecule has 0 fully saturated rings. The summed E-state index contributed by atoms with van der Waals surface area (Å²) in [6.45, 7) is 0. The van der Waals surface area contributed by atoms with Crippen molar-refractivity contribution in [2.75, 3.05) is 14.2 Å². The van der Waals surface area contributed by atoms with Gasteiger partial charge in [-0.25, -0.2) is 9.79 Å². The summed E-state index contributed by atoms with van der Waals surface area (Å²) in [5, 5.41) is 0. The lowest BCUT2D eigenvalue weighted by Gasteiger charge is -2.08. The van der Waals surface area contributed by atoms with Gasteiger partial charge in [0, 0.05) is 5.56 Å². The topological polar surface area (TPSA) is 57.1 Å². The fourth-order valence-electron chi connectivity index (χ4n) is 2.43. The van der Waals surface area contributed by atoms with Crippen LogP contribution < -0.4 is 9.47 Å². The highest BCUT2D eigenvalue weighted by Gasteiger charge is 2.30. The van der Waals surface area contributed by atoms with Crippen molar-refractivity contribution >= 4 is 17.9 Å². The zero-order valence-electron chi connectivity index (χ0n) is 14.3. The first kappa shape index (κ1) is 18.5. The van der Waals surface area contributed by atoms with Crippen LogP contribution in [0.4, 0.5) is 13.2 Å². The first-order chi connectivity index (χ1) is 12.8. The number of esters is 1. The highest BCUT2D eigenvalue weighted by molar-refractivity contribution is 6.13. The van der Waals surface area contributed by atoms with Crippen LogP contribution >= 0.6 is 0 Å². The van der Waals surface area contributed by atoms with Crippen molar-refractivity contribution in [2.24, 2.45) is 4.99 Å².